The van der Waals surface area contributed by atoms with Gasteiger partial charge in [0.25, 0.3) is 0 Å². The zero-order valence-electron chi connectivity index (χ0n) is 11.3. The molecule has 0 bridgehead atoms. The van der Waals surface area contributed by atoms with E-state index < -0.39 is 12.6 Å². The van der Waals surface area contributed by atoms with E-state index in [9.17, 15) is 13.2 Å². The van der Waals surface area contributed by atoms with Gasteiger partial charge in [-0.3, -0.25) is 0 Å². The van der Waals surface area contributed by atoms with Crippen molar-refractivity contribution in [2.24, 2.45) is 0 Å². The largest absolute Gasteiger partial charge is 0.496 e. The van der Waals surface area contributed by atoms with Crippen molar-refractivity contribution >= 4 is 0 Å². The highest BCUT2D eigenvalue weighted by Gasteiger charge is 2.26. The summed E-state index contributed by atoms with van der Waals surface area (Å²) in [7, 11) is 3.37. The molecule has 0 aliphatic rings. The number of methoxy groups -OCH3 is 1. The van der Waals surface area contributed by atoms with Gasteiger partial charge in [-0.2, -0.15) is 13.2 Å². The molecule has 0 fully saturated rings. The third kappa shape index (κ3) is 5.96. The Kier molecular flexibility index (Phi) is 6.15. The molecule has 0 aliphatic heterocycles. The first-order valence-corrected chi connectivity index (χ1v) is 6.32. The van der Waals surface area contributed by atoms with E-state index >= 15 is 0 Å². The third-order valence-electron chi connectivity index (χ3n) is 3.08. The van der Waals surface area contributed by atoms with Gasteiger partial charge in [0.2, 0.25) is 0 Å². The maximum Gasteiger partial charge on any atom is 0.389 e. The Morgan fingerprint density at radius 1 is 1.26 bits per heavy atom. The van der Waals surface area contributed by atoms with E-state index in [0.717, 1.165) is 11.3 Å². The van der Waals surface area contributed by atoms with Crippen LogP contribution in [0.5, 0.6) is 5.75 Å². The summed E-state index contributed by atoms with van der Waals surface area (Å²) in [5, 5.41) is 3.07. The zero-order valence-corrected chi connectivity index (χ0v) is 11.3. The Morgan fingerprint density at radius 3 is 2.53 bits per heavy atom. The van der Waals surface area contributed by atoms with Crippen LogP contribution in [0.4, 0.5) is 13.2 Å². The summed E-state index contributed by atoms with van der Waals surface area (Å²) < 4.78 is 41.6. The molecular formula is C14H20F3NO. The molecule has 0 saturated heterocycles. The minimum atomic E-state index is -4.07. The maximum atomic E-state index is 12.1. The van der Waals surface area contributed by atoms with Gasteiger partial charge in [-0.05, 0) is 37.9 Å². The van der Waals surface area contributed by atoms with Gasteiger partial charge < -0.3 is 10.1 Å². The van der Waals surface area contributed by atoms with E-state index in [1.165, 1.54) is 0 Å². The van der Waals surface area contributed by atoms with Crippen molar-refractivity contribution in [3.63, 3.8) is 0 Å². The monoisotopic (exact) mass is 275 g/mol. The topological polar surface area (TPSA) is 21.3 Å². The summed E-state index contributed by atoms with van der Waals surface area (Å²) in [6.07, 6.45) is -3.49. The molecule has 1 atom stereocenters. The Hall–Kier alpha value is -1.23. The summed E-state index contributed by atoms with van der Waals surface area (Å²) in [5.74, 6) is 0.776. The predicted molar refractivity (Wildman–Crippen MR) is 69.5 cm³/mol. The Bertz CT molecular complexity index is 379. The lowest BCUT2D eigenvalue weighted by Crippen LogP contribution is -2.28. The molecule has 1 unspecified atom stereocenters. The molecule has 19 heavy (non-hydrogen) atoms. The van der Waals surface area contributed by atoms with Crippen LogP contribution in [0.2, 0.25) is 0 Å². The summed E-state index contributed by atoms with van der Waals surface area (Å²) in [6, 6.07) is 7.60. The average molecular weight is 275 g/mol. The lowest BCUT2D eigenvalue weighted by Gasteiger charge is -2.18. The number of rotatable bonds is 7. The number of benzene rings is 1. The van der Waals surface area contributed by atoms with Gasteiger partial charge in [0.1, 0.15) is 5.75 Å². The number of alkyl halides is 3. The van der Waals surface area contributed by atoms with E-state index in [0.29, 0.717) is 12.8 Å². The molecule has 0 spiro atoms. The number of ether oxygens (including phenoxy) is 1. The van der Waals surface area contributed by atoms with Gasteiger partial charge in [0, 0.05) is 12.5 Å². The van der Waals surface area contributed by atoms with E-state index in [1.54, 1.807) is 14.2 Å². The highest BCUT2D eigenvalue weighted by molar-refractivity contribution is 5.33. The summed E-state index contributed by atoms with van der Waals surface area (Å²) in [5.41, 5.74) is 1.01. The van der Waals surface area contributed by atoms with Crippen molar-refractivity contribution < 1.29 is 17.9 Å². The van der Waals surface area contributed by atoms with E-state index in [4.69, 9.17) is 4.74 Å². The van der Waals surface area contributed by atoms with E-state index in [-0.39, 0.29) is 12.5 Å². The third-order valence-corrected chi connectivity index (χ3v) is 3.08. The second-order valence-electron chi connectivity index (χ2n) is 4.51. The minimum absolute atomic E-state index is 0.0265. The first-order chi connectivity index (χ1) is 8.96. The molecule has 0 aromatic heterocycles. The first-order valence-electron chi connectivity index (χ1n) is 6.32. The Balaban J connectivity index is 2.52. The Labute approximate surface area is 112 Å². The minimum Gasteiger partial charge on any atom is -0.496 e. The van der Waals surface area contributed by atoms with Crippen LogP contribution in [0, 0.1) is 0 Å². The van der Waals surface area contributed by atoms with Crippen LogP contribution in [0.3, 0.4) is 0 Å². The average Bonchev–Trinajstić information content (AvgIpc) is 2.36. The van der Waals surface area contributed by atoms with Crippen LogP contribution in [-0.4, -0.2) is 26.4 Å². The summed E-state index contributed by atoms with van der Waals surface area (Å²) in [4.78, 5) is 0. The molecular weight excluding hydrogens is 255 g/mol. The molecule has 1 rings (SSSR count). The number of hydrogen-bond acceptors (Lipinski definition) is 2. The molecule has 2 nitrogen and oxygen atoms in total. The smallest absolute Gasteiger partial charge is 0.389 e. The van der Waals surface area contributed by atoms with Crippen LogP contribution in [0.15, 0.2) is 24.3 Å². The van der Waals surface area contributed by atoms with Crippen LogP contribution in [0.1, 0.15) is 24.8 Å². The highest BCUT2D eigenvalue weighted by atomic mass is 19.4. The normalized spacial score (nSPS) is 13.3. The number of nitrogens with one attached hydrogen (secondary N) is 1. The highest BCUT2D eigenvalue weighted by Crippen LogP contribution is 2.24. The van der Waals surface area contributed by atoms with Gasteiger partial charge in [-0.15, -0.1) is 0 Å². The zero-order chi connectivity index (χ0) is 14.3. The van der Waals surface area contributed by atoms with Gasteiger partial charge in [-0.25, -0.2) is 0 Å². The van der Waals surface area contributed by atoms with Crippen molar-refractivity contribution in [1.29, 1.82) is 0 Å². The molecule has 0 heterocycles. The molecule has 0 aliphatic carbocycles. The van der Waals surface area contributed by atoms with Gasteiger partial charge in [-0.1, -0.05) is 18.2 Å². The Morgan fingerprint density at radius 2 is 1.95 bits per heavy atom. The van der Waals surface area contributed by atoms with Crippen molar-refractivity contribution in [3.8, 4) is 5.75 Å². The van der Waals surface area contributed by atoms with E-state index in [1.807, 2.05) is 24.3 Å². The quantitative estimate of drug-likeness (QED) is 0.821. The second kappa shape index (κ2) is 7.38. The molecule has 5 heteroatoms. The van der Waals surface area contributed by atoms with Crippen molar-refractivity contribution in [2.75, 3.05) is 14.2 Å². The first kappa shape index (κ1) is 15.8. The van der Waals surface area contributed by atoms with Crippen LogP contribution in [-0.2, 0) is 6.42 Å². The van der Waals surface area contributed by atoms with E-state index in [2.05, 4.69) is 5.32 Å². The van der Waals surface area contributed by atoms with Gasteiger partial charge >= 0.3 is 6.18 Å². The number of halogens is 3. The van der Waals surface area contributed by atoms with Crippen molar-refractivity contribution in [3.05, 3.63) is 29.8 Å². The lowest BCUT2D eigenvalue weighted by molar-refractivity contribution is -0.135. The van der Waals surface area contributed by atoms with Crippen LogP contribution >= 0.6 is 0 Å². The number of likely N-dealkylation sites (N-methyl/N-ethyl adjacent to an activating group) is 1. The van der Waals surface area contributed by atoms with Crippen molar-refractivity contribution in [1.82, 2.24) is 5.32 Å². The molecule has 1 aromatic carbocycles. The molecule has 1 aromatic rings. The SMILES string of the molecule is CNC(CCCC(F)(F)F)Cc1ccccc1OC. The lowest BCUT2D eigenvalue weighted by atomic mass is 10.0. The van der Waals surface area contributed by atoms with Crippen LogP contribution in [0.25, 0.3) is 0 Å². The number of para-hydroxylation sites is 1. The number of hydrogen-bond donors (Lipinski definition) is 1. The summed E-state index contributed by atoms with van der Waals surface area (Å²) >= 11 is 0. The molecule has 0 radical (unpaired) electrons. The summed E-state index contributed by atoms with van der Waals surface area (Å²) in [6.45, 7) is 0. The second-order valence-corrected chi connectivity index (χ2v) is 4.51. The van der Waals surface area contributed by atoms with Gasteiger partial charge in [0.15, 0.2) is 0 Å². The van der Waals surface area contributed by atoms with Crippen molar-refractivity contribution in [2.45, 2.75) is 37.9 Å². The van der Waals surface area contributed by atoms with Gasteiger partial charge in [0.05, 0.1) is 7.11 Å². The van der Waals surface area contributed by atoms with Crippen LogP contribution < -0.4 is 10.1 Å². The maximum absolute atomic E-state index is 12.1. The molecule has 0 amide bonds. The fourth-order valence-corrected chi connectivity index (χ4v) is 2.03. The fourth-order valence-electron chi connectivity index (χ4n) is 2.03. The fraction of sp³-hybridized carbons (Fsp3) is 0.571. The standard InChI is InChI=1S/C14H20F3NO/c1-18-12(7-5-9-14(15,16)17)10-11-6-3-4-8-13(11)19-2/h3-4,6,8,12,18H,5,7,9-10H2,1-2H3. The molecule has 108 valence electrons. The molecule has 1 N–H and O–H groups in total. The predicted octanol–water partition coefficient (Wildman–Crippen LogP) is 3.56. The molecule has 0 saturated carbocycles.